The largest absolute Gasteiger partial charge is 0.479 e. The van der Waals surface area contributed by atoms with Gasteiger partial charge in [0, 0.05) is 7.05 Å². The number of aliphatic carboxylic acids is 1. The molecule has 6 heteroatoms. The maximum Gasteiger partial charge on any atom is 0.331 e. The zero-order valence-electron chi connectivity index (χ0n) is 9.53. The number of carboxylic acid groups (broad SMARTS) is 1. The van der Waals surface area contributed by atoms with Gasteiger partial charge in [-0.25, -0.2) is 9.59 Å². The lowest BCUT2D eigenvalue weighted by molar-refractivity contribution is -0.142. The Bertz CT molecular complexity index is 581. The molecule has 2 unspecified atom stereocenters. The summed E-state index contributed by atoms with van der Waals surface area (Å²) in [5.74, 6) is -1.50. The van der Waals surface area contributed by atoms with E-state index in [0.29, 0.717) is 11.1 Å². The van der Waals surface area contributed by atoms with Gasteiger partial charge in [0.15, 0.2) is 6.04 Å². The van der Waals surface area contributed by atoms with Crippen molar-refractivity contribution in [1.29, 1.82) is 0 Å². The van der Waals surface area contributed by atoms with Crippen LogP contribution >= 0.6 is 0 Å². The summed E-state index contributed by atoms with van der Waals surface area (Å²) in [4.78, 5) is 37.4. The number of benzene rings is 1. The molecule has 2 atom stereocenters. The van der Waals surface area contributed by atoms with E-state index in [1.54, 1.807) is 24.3 Å². The summed E-state index contributed by atoms with van der Waals surface area (Å²) in [6, 6.07) is 4.35. The van der Waals surface area contributed by atoms with Crippen LogP contribution in [0.15, 0.2) is 24.3 Å². The highest BCUT2D eigenvalue weighted by Crippen LogP contribution is 2.46. The second-order valence-electron chi connectivity index (χ2n) is 4.36. The number of imide groups is 1. The maximum atomic E-state index is 12.0. The first kappa shape index (κ1) is 10.8. The molecule has 0 aliphatic carbocycles. The van der Waals surface area contributed by atoms with E-state index < -0.39 is 24.1 Å². The number of likely N-dealkylation sites (N-methyl/N-ethyl adjacent to an activating group) is 1. The molecule has 1 fully saturated rings. The van der Waals surface area contributed by atoms with Crippen LogP contribution in [0.25, 0.3) is 0 Å². The zero-order valence-corrected chi connectivity index (χ0v) is 9.53. The third kappa shape index (κ3) is 1.09. The average molecular weight is 246 g/mol. The molecule has 2 aliphatic rings. The molecular formula is C12H10N2O4. The molecule has 0 saturated carbocycles. The molecule has 3 rings (SSSR count). The first-order valence-corrected chi connectivity index (χ1v) is 5.45. The number of fused-ring (bicyclic) bond motifs is 3. The number of carbonyl (C=O) groups excluding carboxylic acids is 2. The number of carboxylic acids is 1. The van der Waals surface area contributed by atoms with Crippen molar-refractivity contribution in [3.63, 3.8) is 0 Å². The lowest BCUT2D eigenvalue weighted by Crippen LogP contribution is -2.34. The molecule has 1 saturated heterocycles. The first-order chi connectivity index (χ1) is 8.54. The molecular weight excluding hydrogens is 236 g/mol. The van der Waals surface area contributed by atoms with Crippen molar-refractivity contribution in [2.75, 3.05) is 7.05 Å². The Hall–Kier alpha value is -2.37. The number of rotatable bonds is 1. The second-order valence-corrected chi connectivity index (χ2v) is 4.36. The molecule has 6 nitrogen and oxygen atoms in total. The molecule has 18 heavy (non-hydrogen) atoms. The van der Waals surface area contributed by atoms with E-state index in [2.05, 4.69) is 0 Å². The summed E-state index contributed by atoms with van der Waals surface area (Å²) in [7, 11) is 1.37. The molecule has 1 aromatic rings. The Kier molecular flexibility index (Phi) is 1.98. The lowest BCUT2D eigenvalue weighted by atomic mass is 10.0. The van der Waals surface area contributed by atoms with Crippen molar-refractivity contribution in [2.24, 2.45) is 0 Å². The normalized spacial score (nSPS) is 25.4. The lowest BCUT2D eigenvalue weighted by Gasteiger charge is -2.19. The van der Waals surface area contributed by atoms with Crippen LogP contribution in [-0.2, 0) is 9.59 Å². The fourth-order valence-electron chi connectivity index (χ4n) is 2.63. The predicted molar refractivity (Wildman–Crippen MR) is 59.6 cm³/mol. The molecule has 2 aliphatic heterocycles. The number of urea groups is 1. The SMILES string of the molecule is CN1C(=O)C2c3ccccc3C(C(=O)O)N2C1=O. The fraction of sp³-hybridized carbons (Fsp3) is 0.250. The molecule has 0 radical (unpaired) electrons. The number of carbonyl (C=O) groups is 3. The van der Waals surface area contributed by atoms with Gasteiger partial charge in [-0.2, -0.15) is 0 Å². The van der Waals surface area contributed by atoms with Crippen LogP contribution < -0.4 is 0 Å². The summed E-state index contributed by atoms with van der Waals surface area (Å²) in [6.07, 6.45) is 0. The van der Waals surface area contributed by atoms with Gasteiger partial charge >= 0.3 is 12.0 Å². The Balaban J connectivity index is 2.22. The number of nitrogens with zero attached hydrogens (tertiary/aromatic N) is 2. The van der Waals surface area contributed by atoms with Crippen molar-refractivity contribution in [1.82, 2.24) is 9.80 Å². The molecule has 0 bridgehead atoms. The van der Waals surface area contributed by atoms with Crippen molar-refractivity contribution in [2.45, 2.75) is 12.1 Å². The van der Waals surface area contributed by atoms with E-state index in [1.807, 2.05) is 0 Å². The minimum absolute atomic E-state index is 0.379. The van der Waals surface area contributed by atoms with Crippen LogP contribution in [-0.4, -0.2) is 39.9 Å². The molecule has 1 aromatic carbocycles. The monoisotopic (exact) mass is 246 g/mol. The summed E-state index contributed by atoms with van der Waals surface area (Å²) < 4.78 is 0. The van der Waals surface area contributed by atoms with E-state index in [1.165, 1.54) is 7.05 Å². The molecule has 0 spiro atoms. The van der Waals surface area contributed by atoms with E-state index in [0.717, 1.165) is 9.80 Å². The molecule has 3 amide bonds. The topological polar surface area (TPSA) is 77.9 Å². The summed E-state index contributed by atoms with van der Waals surface area (Å²) in [6.45, 7) is 0. The molecule has 2 heterocycles. The van der Waals surface area contributed by atoms with Gasteiger partial charge in [-0.15, -0.1) is 0 Å². The maximum absolute atomic E-state index is 12.0. The van der Waals surface area contributed by atoms with Crippen LogP contribution in [0.4, 0.5) is 4.79 Å². The predicted octanol–water partition coefficient (Wildman–Crippen LogP) is 0.761. The van der Waals surface area contributed by atoms with E-state index in [-0.39, 0.29) is 5.91 Å². The highest BCUT2D eigenvalue weighted by molar-refractivity contribution is 6.07. The number of hydrogen-bond acceptors (Lipinski definition) is 3. The van der Waals surface area contributed by atoms with Gasteiger partial charge in [-0.05, 0) is 11.1 Å². The van der Waals surface area contributed by atoms with Crippen molar-refractivity contribution in [3.05, 3.63) is 35.4 Å². The van der Waals surface area contributed by atoms with Crippen LogP contribution in [0.1, 0.15) is 23.2 Å². The number of hydrogen-bond donors (Lipinski definition) is 1. The van der Waals surface area contributed by atoms with Crippen molar-refractivity contribution < 1.29 is 19.5 Å². The van der Waals surface area contributed by atoms with Gasteiger partial charge in [0.2, 0.25) is 0 Å². The smallest absolute Gasteiger partial charge is 0.331 e. The second kappa shape index (κ2) is 3.32. The highest BCUT2D eigenvalue weighted by atomic mass is 16.4. The summed E-state index contributed by atoms with van der Waals surface area (Å²) in [5, 5.41) is 9.27. The van der Waals surface area contributed by atoms with Gasteiger partial charge in [0.1, 0.15) is 6.04 Å². The third-order valence-electron chi connectivity index (χ3n) is 3.45. The highest BCUT2D eigenvalue weighted by Gasteiger charge is 2.55. The van der Waals surface area contributed by atoms with Crippen LogP contribution in [0.3, 0.4) is 0 Å². The van der Waals surface area contributed by atoms with Crippen LogP contribution in [0.2, 0.25) is 0 Å². The van der Waals surface area contributed by atoms with Gasteiger partial charge < -0.3 is 5.11 Å². The fourth-order valence-corrected chi connectivity index (χ4v) is 2.63. The van der Waals surface area contributed by atoms with Gasteiger partial charge in [-0.1, -0.05) is 24.3 Å². The van der Waals surface area contributed by atoms with Gasteiger partial charge in [-0.3, -0.25) is 14.6 Å². The van der Waals surface area contributed by atoms with Crippen molar-refractivity contribution >= 4 is 17.9 Å². The van der Waals surface area contributed by atoms with Gasteiger partial charge in [0.05, 0.1) is 0 Å². The van der Waals surface area contributed by atoms with E-state index in [4.69, 9.17) is 0 Å². The third-order valence-corrected chi connectivity index (χ3v) is 3.45. The van der Waals surface area contributed by atoms with Crippen molar-refractivity contribution in [3.8, 4) is 0 Å². The number of amides is 3. The summed E-state index contributed by atoms with van der Waals surface area (Å²) >= 11 is 0. The quantitative estimate of drug-likeness (QED) is 0.742. The minimum atomic E-state index is -1.12. The average Bonchev–Trinajstić information content (AvgIpc) is 2.80. The van der Waals surface area contributed by atoms with Crippen LogP contribution in [0, 0.1) is 0 Å². The van der Waals surface area contributed by atoms with Crippen LogP contribution in [0.5, 0.6) is 0 Å². The Morgan fingerprint density at radius 1 is 1.22 bits per heavy atom. The van der Waals surface area contributed by atoms with E-state index in [9.17, 15) is 19.5 Å². The van der Waals surface area contributed by atoms with E-state index >= 15 is 0 Å². The zero-order chi connectivity index (χ0) is 13.0. The molecule has 1 N–H and O–H groups in total. The minimum Gasteiger partial charge on any atom is -0.479 e. The summed E-state index contributed by atoms with van der Waals surface area (Å²) in [5.41, 5.74) is 1.12. The first-order valence-electron chi connectivity index (χ1n) is 5.45. The molecule has 92 valence electrons. The molecule has 0 aromatic heterocycles. The Morgan fingerprint density at radius 3 is 2.44 bits per heavy atom. The Morgan fingerprint density at radius 2 is 1.83 bits per heavy atom. The standard InChI is InChI=1S/C12H10N2O4/c1-13-10(15)8-6-4-2-3-5-7(6)9(11(16)17)14(8)12(13)18/h2-5,8-9H,1H3,(H,16,17). The van der Waals surface area contributed by atoms with Gasteiger partial charge in [0.25, 0.3) is 5.91 Å². The Labute approximate surface area is 102 Å².